The highest BCUT2D eigenvalue weighted by molar-refractivity contribution is 6.30. The van der Waals surface area contributed by atoms with Gasteiger partial charge in [-0.2, -0.15) is 5.10 Å². The van der Waals surface area contributed by atoms with Crippen molar-refractivity contribution in [2.24, 2.45) is 5.10 Å². The first-order valence-corrected chi connectivity index (χ1v) is 6.29. The number of hydrogen-bond acceptors (Lipinski definition) is 3. The van der Waals surface area contributed by atoms with Crippen molar-refractivity contribution in [3.63, 3.8) is 0 Å². The predicted molar refractivity (Wildman–Crippen MR) is 73.8 cm³/mol. The molecule has 0 bridgehead atoms. The summed E-state index contributed by atoms with van der Waals surface area (Å²) >= 11 is 5.81. The van der Waals surface area contributed by atoms with Gasteiger partial charge in [0.2, 0.25) is 0 Å². The number of hydrazone groups is 1. The van der Waals surface area contributed by atoms with Crippen molar-refractivity contribution in [3.8, 4) is 0 Å². The number of allylic oxidation sites excluding steroid dienone is 2. The molecule has 0 atom stereocenters. The molecule has 18 heavy (non-hydrogen) atoms. The van der Waals surface area contributed by atoms with E-state index in [1.807, 2.05) is 31.3 Å². The molecule has 1 aliphatic rings. The molecule has 1 aromatic rings. The minimum Gasteiger partial charge on any atom is -0.295 e. The van der Waals surface area contributed by atoms with Crippen LogP contribution in [0.5, 0.6) is 0 Å². The first-order chi connectivity index (χ1) is 8.65. The van der Waals surface area contributed by atoms with Crippen LogP contribution in [0.4, 0.5) is 0 Å². The fraction of sp³-hybridized carbons (Fsp3) is 0.286. The summed E-state index contributed by atoms with van der Waals surface area (Å²) in [5.41, 5.74) is 1.95. The SMILES string of the molecule is CN(/N=C/c1ccc(Cl)cc1)C1=CC(=O)CCC1. The number of halogens is 1. The lowest BCUT2D eigenvalue weighted by Gasteiger charge is -2.19. The lowest BCUT2D eigenvalue weighted by Crippen LogP contribution is -2.16. The molecular weight excluding hydrogens is 248 g/mol. The first kappa shape index (κ1) is 12.8. The molecule has 0 heterocycles. The lowest BCUT2D eigenvalue weighted by molar-refractivity contribution is -0.115. The smallest absolute Gasteiger partial charge is 0.157 e. The standard InChI is InChI=1S/C14H15ClN2O/c1-17(13-3-2-4-14(18)9-13)16-10-11-5-7-12(15)8-6-11/h5-10H,2-4H2,1H3/b16-10+. The maximum absolute atomic E-state index is 11.3. The third-order valence-electron chi connectivity index (χ3n) is 2.85. The number of benzene rings is 1. The molecule has 0 N–H and O–H groups in total. The van der Waals surface area contributed by atoms with Crippen LogP contribution in [-0.2, 0) is 4.79 Å². The number of nitrogens with zero attached hydrogens (tertiary/aromatic N) is 2. The van der Waals surface area contributed by atoms with Crippen LogP contribution < -0.4 is 0 Å². The van der Waals surface area contributed by atoms with Crippen LogP contribution in [0.2, 0.25) is 5.02 Å². The van der Waals surface area contributed by atoms with Gasteiger partial charge in [-0.05, 0) is 30.5 Å². The quantitative estimate of drug-likeness (QED) is 0.619. The summed E-state index contributed by atoms with van der Waals surface area (Å²) in [5, 5.41) is 6.79. The summed E-state index contributed by atoms with van der Waals surface area (Å²) in [7, 11) is 1.86. The van der Waals surface area contributed by atoms with Crippen LogP contribution in [0.3, 0.4) is 0 Å². The molecule has 0 radical (unpaired) electrons. The summed E-state index contributed by atoms with van der Waals surface area (Å²) < 4.78 is 0. The molecule has 0 fully saturated rings. The summed E-state index contributed by atoms with van der Waals surface area (Å²) in [4.78, 5) is 11.3. The maximum Gasteiger partial charge on any atom is 0.157 e. The summed E-state index contributed by atoms with van der Waals surface area (Å²) in [6.45, 7) is 0. The largest absolute Gasteiger partial charge is 0.295 e. The number of rotatable bonds is 3. The molecule has 1 aliphatic carbocycles. The zero-order chi connectivity index (χ0) is 13.0. The van der Waals surface area contributed by atoms with E-state index in [-0.39, 0.29) is 5.78 Å². The Morgan fingerprint density at radius 2 is 2.00 bits per heavy atom. The summed E-state index contributed by atoms with van der Waals surface area (Å²) in [6, 6.07) is 7.46. The van der Waals surface area contributed by atoms with E-state index < -0.39 is 0 Å². The van der Waals surface area contributed by atoms with Gasteiger partial charge in [0.1, 0.15) is 0 Å². The summed E-state index contributed by atoms with van der Waals surface area (Å²) in [6.07, 6.45) is 5.91. The first-order valence-electron chi connectivity index (χ1n) is 5.92. The Morgan fingerprint density at radius 3 is 2.67 bits per heavy atom. The molecule has 94 valence electrons. The monoisotopic (exact) mass is 262 g/mol. The van der Waals surface area contributed by atoms with Crippen molar-refractivity contribution < 1.29 is 4.79 Å². The molecule has 2 rings (SSSR count). The van der Waals surface area contributed by atoms with Gasteiger partial charge in [0.25, 0.3) is 0 Å². The van der Waals surface area contributed by atoms with Gasteiger partial charge >= 0.3 is 0 Å². The molecule has 0 saturated heterocycles. The van der Waals surface area contributed by atoms with E-state index in [2.05, 4.69) is 5.10 Å². The maximum atomic E-state index is 11.3. The van der Waals surface area contributed by atoms with Gasteiger partial charge in [-0.25, -0.2) is 0 Å². The average molecular weight is 263 g/mol. The number of carbonyl (C=O) groups excluding carboxylic acids is 1. The van der Waals surface area contributed by atoms with E-state index in [9.17, 15) is 4.79 Å². The van der Waals surface area contributed by atoms with Gasteiger partial charge in [0.15, 0.2) is 5.78 Å². The second-order valence-electron chi connectivity index (χ2n) is 4.28. The highest BCUT2D eigenvalue weighted by atomic mass is 35.5. The molecule has 1 aromatic carbocycles. The van der Waals surface area contributed by atoms with Crippen LogP contribution in [0.25, 0.3) is 0 Å². The molecule has 0 spiro atoms. The van der Waals surface area contributed by atoms with Gasteiger partial charge in [-0.3, -0.25) is 9.80 Å². The fourth-order valence-electron chi connectivity index (χ4n) is 1.81. The van der Waals surface area contributed by atoms with Crippen molar-refractivity contribution in [2.45, 2.75) is 19.3 Å². The van der Waals surface area contributed by atoms with Crippen LogP contribution >= 0.6 is 11.6 Å². The van der Waals surface area contributed by atoms with Gasteiger partial charge in [-0.15, -0.1) is 0 Å². The highest BCUT2D eigenvalue weighted by Gasteiger charge is 2.12. The Bertz CT molecular complexity index is 491. The van der Waals surface area contributed by atoms with E-state index in [1.165, 1.54) is 0 Å². The van der Waals surface area contributed by atoms with Crippen molar-refractivity contribution in [1.29, 1.82) is 0 Å². The van der Waals surface area contributed by atoms with E-state index >= 15 is 0 Å². The zero-order valence-electron chi connectivity index (χ0n) is 10.3. The molecule has 0 amide bonds. The van der Waals surface area contributed by atoms with E-state index in [0.717, 1.165) is 24.1 Å². The number of carbonyl (C=O) groups is 1. The predicted octanol–water partition coefficient (Wildman–Crippen LogP) is 3.24. The second kappa shape index (κ2) is 5.83. The van der Waals surface area contributed by atoms with E-state index in [4.69, 9.17) is 11.6 Å². The average Bonchev–Trinajstić information content (AvgIpc) is 2.38. The van der Waals surface area contributed by atoms with Crippen LogP contribution in [0.15, 0.2) is 41.1 Å². The molecular formula is C14H15ClN2O. The van der Waals surface area contributed by atoms with Crippen molar-refractivity contribution in [3.05, 3.63) is 46.6 Å². The normalized spacial score (nSPS) is 15.9. The Balaban J connectivity index is 2.04. The topological polar surface area (TPSA) is 32.7 Å². The molecule has 4 heteroatoms. The fourth-order valence-corrected chi connectivity index (χ4v) is 1.93. The molecule has 3 nitrogen and oxygen atoms in total. The van der Waals surface area contributed by atoms with Gasteiger partial charge in [0, 0.05) is 30.3 Å². The second-order valence-corrected chi connectivity index (χ2v) is 4.71. The lowest BCUT2D eigenvalue weighted by atomic mass is 10.0. The van der Waals surface area contributed by atoms with Crippen LogP contribution in [0, 0.1) is 0 Å². The molecule has 0 saturated carbocycles. The summed E-state index contributed by atoms with van der Waals surface area (Å²) in [5.74, 6) is 0.185. The Labute approximate surface area is 112 Å². The molecule has 0 unspecified atom stereocenters. The minimum absolute atomic E-state index is 0.185. The van der Waals surface area contributed by atoms with E-state index in [1.54, 1.807) is 17.3 Å². The Kier molecular flexibility index (Phi) is 4.15. The van der Waals surface area contributed by atoms with Crippen molar-refractivity contribution in [1.82, 2.24) is 5.01 Å². The zero-order valence-corrected chi connectivity index (χ0v) is 11.0. The van der Waals surface area contributed by atoms with Gasteiger partial charge in [-0.1, -0.05) is 23.7 Å². The van der Waals surface area contributed by atoms with Gasteiger partial charge in [0.05, 0.1) is 6.21 Å². The Morgan fingerprint density at radius 1 is 1.28 bits per heavy atom. The third kappa shape index (κ3) is 3.44. The number of ketones is 1. The molecule has 0 aromatic heterocycles. The van der Waals surface area contributed by atoms with Crippen LogP contribution in [-0.4, -0.2) is 24.1 Å². The van der Waals surface area contributed by atoms with Crippen molar-refractivity contribution in [2.75, 3.05) is 7.05 Å². The van der Waals surface area contributed by atoms with Crippen LogP contribution in [0.1, 0.15) is 24.8 Å². The Hall–Kier alpha value is -1.61. The van der Waals surface area contributed by atoms with E-state index in [0.29, 0.717) is 11.4 Å². The third-order valence-corrected chi connectivity index (χ3v) is 3.10. The molecule has 0 aliphatic heterocycles. The highest BCUT2D eigenvalue weighted by Crippen LogP contribution is 2.18. The van der Waals surface area contributed by atoms with Crippen molar-refractivity contribution >= 4 is 23.6 Å². The minimum atomic E-state index is 0.185. The number of hydrogen-bond donors (Lipinski definition) is 0. The van der Waals surface area contributed by atoms with Gasteiger partial charge < -0.3 is 0 Å².